The van der Waals surface area contributed by atoms with Gasteiger partial charge in [-0.2, -0.15) is 0 Å². The van der Waals surface area contributed by atoms with E-state index in [1.165, 1.54) is 0 Å². The average Bonchev–Trinajstić information content (AvgIpc) is 2.99. The van der Waals surface area contributed by atoms with Crippen LogP contribution >= 0.6 is 0 Å². The van der Waals surface area contributed by atoms with E-state index < -0.39 is 0 Å². The van der Waals surface area contributed by atoms with Crippen LogP contribution in [0.4, 0.5) is 11.6 Å². The van der Waals surface area contributed by atoms with Crippen molar-refractivity contribution < 1.29 is 4.79 Å². The van der Waals surface area contributed by atoms with Crippen molar-refractivity contribution in [3.63, 3.8) is 0 Å². The molecule has 2 heterocycles. The Morgan fingerprint density at radius 1 is 1.24 bits per heavy atom. The molecule has 0 aromatic carbocycles. The Morgan fingerprint density at radius 2 is 1.86 bits per heavy atom. The number of hydrogen-bond donors (Lipinski definition) is 2. The van der Waals surface area contributed by atoms with Gasteiger partial charge in [-0.05, 0) is 19.8 Å². The summed E-state index contributed by atoms with van der Waals surface area (Å²) in [6, 6.07) is 0. The molecule has 1 amide bonds. The van der Waals surface area contributed by atoms with Crippen LogP contribution in [0.15, 0.2) is 0 Å². The SMILES string of the molecule is CNc1nc(C(C)C)nc(NCC(=O)N2CCCC2)c1C. The highest BCUT2D eigenvalue weighted by Crippen LogP contribution is 2.22. The van der Waals surface area contributed by atoms with Crippen molar-refractivity contribution in [3.8, 4) is 0 Å². The molecule has 0 saturated carbocycles. The van der Waals surface area contributed by atoms with Crippen molar-refractivity contribution in [2.24, 2.45) is 0 Å². The first-order valence-electron chi connectivity index (χ1n) is 7.61. The van der Waals surface area contributed by atoms with Gasteiger partial charge in [0.25, 0.3) is 0 Å². The number of nitrogens with zero attached hydrogens (tertiary/aromatic N) is 3. The topological polar surface area (TPSA) is 70.1 Å². The van der Waals surface area contributed by atoms with E-state index in [2.05, 4.69) is 34.4 Å². The van der Waals surface area contributed by atoms with Crippen molar-refractivity contribution >= 4 is 17.5 Å². The van der Waals surface area contributed by atoms with Crippen molar-refractivity contribution in [3.05, 3.63) is 11.4 Å². The van der Waals surface area contributed by atoms with E-state index >= 15 is 0 Å². The zero-order valence-electron chi connectivity index (χ0n) is 13.4. The normalized spacial score (nSPS) is 14.6. The number of carbonyl (C=O) groups excluding carboxylic acids is 1. The van der Waals surface area contributed by atoms with Gasteiger partial charge in [0, 0.05) is 31.6 Å². The van der Waals surface area contributed by atoms with Crippen LogP contribution < -0.4 is 10.6 Å². The molecule has 0 atom stereocenters. The van der Waals surface area contributed by atoms with Gasteiger partial charge >= 0.3 is 0 Å². The van der Waals surface area contributed by atoms with Gasteiger partial charge in [-0.1, -0.05) is 13.8 Å². The van der Waals surface area contributed by atoms with Gasteiger partial charge in [-0.3, -0.25) is 4.79 Å². The lowest BCUT2D eigenvalue weighted by atomic mass is 10.2. The number of carbonyl (C=O) groups is 1. The van der Waals surface area contributed by atoms with Gasteiger partial charge in [-0.25, -0.2) is 9.97 Å². The molecule has 2 N–H and O–H groups in total. The van der Waals surface area contributed by atoms with E-state index in [9.17, 15) is 4.79 Å². The minimum atomic E-state index is 0.141. The van der Waals surface area contributed by atoms with Crippen LogP contribution in [-0.4, -0.2) is 47.5 Å². The zero-order valence-corrected chi connectivity index (χ0v) is 13.4. The Hall–Kier alpha value is -1.85. The van der Waals surface area contributed by atoms with Crippen molar-refractivity contribution in [2.45, 2.75) is 39.5 Å². The molecule has 1 aromatic rings. The van der Waals surface area contributed by atoms with E-state index in [-0.39, 0.29) is 11.8 Å². The van der Waals surface area contributed by atoms with E-state index in [1.807, 2.05) is 18.9 Å². The minimum Gasteiger partial charge on any atom is -0.373 e. The van der Waals surface area contributed by atoms with E-state index in [0.29, 0.717) is 6.54 Å². The van der Waals surface area contributed by atoms with Crippen LogP contribution in [0.25, 0.3) is 0 Å². The average molecular weight is 291 g/mol. The third-order valence-corrected chi connectivity index (χ3v) is 3.78. The van der Waals surface area contributed by atoms with E-state index in [0.717, 1.165) is 49.0 Å². The Kier molecular flexibility index (Phi) is 4.98. The molecule has 116 valence electrons. The third-order valence-electron chi connectivity index (χ3n) is 3.78. The van der Waals surface area contributed by atoms with Gasteiger partial charge in [0.05, 0.1) is 6.54 Å². The molecule has 1 aromatic heterocycles. The van der Waals surface area contributed by atoms with Gasteiger partial charge < -0.3 is 15.5 Å². The van der Waals surface area contributed by atoms with Crippen LogP contribution in [0.3, 0.4) is 0 Å². The number of anilines is 2. The van der Waals surface area contributed by atoms with Crippen molar-refractivity contribution in [2.75, 3.05) is 37.3 Å². The summed E-state index contributed by atoms with van der Waals surface area (Å²) in [5, 5.41) is 6.26. The molecule has 1 fully saturated rings. The molecular formula is C15H25N5O. The second-order valence-corrected chi connectivity index (χ2v) is 5.75. The van der Waals surface area contributed by atoms with Crippen LogP contribution in [0, 0.1) is 6.92 Å². The molecule has 1 saturated heterocycles. The molecule has 0 radical (unpaired) electrons. The van der Waals surface area contributed by atoms with Crippen LogP contribution in [0.1, 0.15) is 44.0 Å². The Morgan fingerprint density at radius 3 is 2.43 bits per heavy atom. The summed E-state index contributed by atoms with van der Waals surface area (Å²) in [7, 11) is 1.85. The molecule has 1 aliphatic rings. The lowest BCUT2D eigenvalue weighted by Gasteiger charge is -2.18. The highest BCUT2D eigenvalue weighted by molar-refractivity contribution is 5.81. The first-order chi connectivity index (χ1) is 10.0. The fourth-order valence-corrected chi connectivity index (χ4v) is 2.45. The maximum atomic E-state index is 12.1. The number of aromatic nitrogens is 2. The van der Waals surface area contributed by atoms with Crippen LogP contribution in [0.2, 0.25) is 0 Å². The first kappa shape index (κ1) is 15.5. The van der Waals surface area contributed by atoms with Crippen LogP contribution in [0.5, 0.6) is 0 Å². The third kappa shape index (κ3) is 3.62. The Labute approximate surface area is 126 Å². The maximum Gasteiger partial charge on any atom is 0.241 e. The Balaban J connectivity index is 2.11. The molecule has 2 rings (SSSR count). The highest BCUT2D eigenvalue weighted by atomic mass is 16.2. The number of hydrogen-bond acceptors (Lipinski definition) is 5. The summed E-state index contributed by atoms with van der Waals surface area (Å²) in [5.74, 6) is 2.71. The number of likely N-dealkylation sites (tertiary alicyclic amines) is 1. The molecule has 0 unspecified atom stereocenters. The lowest BCUT2D eigenvalue weighted by Crippen LogP contribution is -2.33. The molecule has 0 spiro atoms. The molecule has 0 bridgehead atoms. The predicted octanol–water partition coefficient (Wildman–Crippen LogP) is 1.98. The largest absolute Gasteiger partial charge is 0.373 e. The lowest BCUT2D eigenvalue weighted by molar-refractivity contribution is -0.128. The van der Waals surface area contributed by atoms with Gasteiger partial charge in [-0.15, -0.1) is 0 Å². The summed E-state index contributed by atoms with van der Waals surface area (Å²) in [5.41, 5.74) is 0.941. The minimum absolute atomic E-state index is 0.141. The molecular weight excluding hydrogens is 266 g/mol. The summed E-state index contributed by atoms with van der Waals surface area (Å²) < 4.78 is 0. The van der Waals surface area contributed by atoms with Crippen molar-refractivity contribution in [1.29, 1.82) is 0 Å². The molecule has 21 heavy (non-hydrogen) atoms. The molecule has 6 nitrogen and oxygen atoms in total. The van der Waals surface area contributed by atoms with Crippen molar-refractivity contribution in [1.82, 2.24) is 14.9 Å². The summed E-state index contributed by atoms with van der Waals surface area (Å²) in [6.45, 7) is 8.12. The fraction of sp³-hybridized carbons (Fsp3) is 0.667. The maximum absolute atomic E-state index is 12.1. The summed E-state index contributed by atoms with van der Waals surface area (Å²) >= 11 is 0. The second-order valence-electron chi connectivity index (χ2n) is 5.75. The smallest absolute Gasteiger partial charge is 0.241 e. The van der Waals surface area contributed by atoms with Crippen LogP contribution in [-0.2, 0) is 4.79 Å². The predicted molar refractivity (Wildman–Crippen MR) is 84.7 cm³/mol. The van der Waals surface area contributed by atoms with E-state index in [1.54, 1.807) is 0 Å². The second kappa shape index (κ2) is 6.74. The number of nitrogens with one attached hydrogen (secondary N) is 2. The standard InChI is InChI=1S/C15H25N5O/c1-10(2)13-18-14(16-4)11(3)15(19-13)17-9-12(21)20-7-5-6-8-20/h10H,5-9H2,1-4H3,(H2,16,17,18,19). The zero-order chi connectivity index (χ0) is 15.4. The van der Waals surface area contributed by atoms with E-state index in [4.69, 9.17) is 0 Å². The molecule has 1 aliphatic heterocycles. The fourth-order valence-electron chi connectivity index (χ4n) is 2.45. The first-order valence-corrected chi connectivity index (χ1v) is 7.61. The summed E-state index contributed by atoms with van der Waals surface area (Å²) in [6.07, 6.45) is 2.22. The van der Waals surface area contributed by atoms with Gasteiger partial charge in [0.1, 0.15) is 17.5 Å². The number of rotatable bonds is 5. The number of amides is 1. The Bertz CT molecular complexity index is 509. The van der Waals surface area contributed by atoms with Gasteiger partial charge in [0.2, 0.25) is 5.91 Å². The molecule has 0 aliphatic carbocycles. The highest BCUT2D eigenvalue weighted by Gasteiger charge is 2.18. The van der Waals surface area contributed by atoms with Gasteiger partial charge in [0.15, 0.2) is 0 Å². The quantitative estimate of drug-likeness (QED) is 0.868. The monoisotopic (exact) mass is 291 g/mol. The summed E-state index contributed by atoms with van der Waals surface area (Å²) in [4.78, 5) is 23.1. The molecule has 6 heteroatoms.